The van der Waals surface area contributed by atoms with Crippen LogP contribution in [0, 0.1) is 0 Å². The minimum absolute atomic E-state index is 0.196. The van der Waals surface area contributed by atoms with Crippen LogP contribution in [0.2, 0.25) is 0 Å². The highest BCUT2D eigenvalue weighted by molar-refractivity contribution is 7.89. The van der Waals surface area contributed by atoms with Gasteiger partial charge >= 0.3 is 0 Å². The molecule has 0 radical (unpaired) electrons. The van der Waals surface area contributed by atoms with Crippen LogP contribution in [0.4, 0.5) is 5.82 Å². The summed E-state index contributed by atoms with van der Waals surface area (Å²) in [4.78, 5) is 6.45. The standard InChI is InChI=1S/C14H26N4O2S/c1-5-15-14-8-7-13(11-16-14)21(19,20)17-9-6-10-18(4)12(2)3/h7-8,11-12,17H,5-6,9-10H2,1-4H3,(H,15,16). The molecule has 0 amide bonds. The summed E-state index contributed by atoms with van der Waals surface area (Å²) in [6.45, 7) is 8.22. The van der Waals surface area contributed by atoms with Crippen molar-refractivity contribution >= 4 is 15.8 Å². The van der Waals surface area contributed by atoms with Crippen LogP contribution in [0.3, 0.4) is 0 Å². The van der Waals surface area contributed by atoms with Crippen molar-refractivity contribution < 1.29 is 8.42 Å². The van der Waals surface area contributed by atoms with Crippen molar-refractivity contribution in [1.82, 2.24) is 14.6 Å². The zero-order chi connectivity index (χ0) is 15.9. The molecule has 2 N–H and O–H groups in total. The Morgan fingerprint density at radius 2 is 2.05 bits per heavy atom. The third-order valence-electron chi connectivity index (χ3n) is 3.27. The Balaban J connectivity index is 2.49. The Bertz CT molecular complexity index is 514. The van der Waals surface area contributed by atoms with Gasteiger partial charge < -0.3 is 10.2 Å². The van der Waals surface area contributed by atoms with Gasteiger partial charge in [0.15, 0.2) is 0 Å². The van der Waals surface area contributed by atoms with Crippen LogP contribution >= 0.6 is 0 Å². The smallest absolute Gasteiger partial charge is 0.242 e. The molecule has 0 unspecified atom stereocenters. The summed E-state index contributed by atoms with van der Waals surface area (Å²) in [5.41, 5.74) is 0. The summed E-state index contributed by atoms with van der Waals surface area (Å²) in [5.74, 6) is 0.676. The molecule has 0 bridgehead atoms. The lowest BCUT2D eigenvalue weighted by molar-refractivity contribution is 0.271. The Hall–Kier alpha value is -1.18. The number of rotatable bonds is 9. The number of nitrogens with zero attached hydrogens (tertiary/aromatic N) is 2. The first-order chi connectivity index (χ1) is 9.86. The van der Waals surface area contributed by atoms with Crippen LogP contribution in [0.25, 0.3) is 0 Å². The molecule has 120 valence electrons. The van der Waals surface area contributed by atoms with Gasteiger partial charge in [0.25, 0.3) is 0 Å². The van der Waals surface area contributed by atoms with Gasteiger partial charge in [0.05, 0.1) is 0 Å². The van der Waals surface area contributed by atoms with E-state index >= 15 is 0 Å². The number of hydrogen-bond donors (Lipinski definition) is 2. The number of anilines is 1. The number of hydrogen-bond acceptors (Lipinski definition) is 5. The predicted octanol–water partition coefficient (Wildman–Crippen LogP) is 1.52. The Morgan fingerprint density at radius 3 is 2.57 bits per heavy atom. The molecule has 0 aliphatic carbocycles. The second-order valence-corrected chi connectivity index (χ2v) is 7.00. The molecule has 0 fully saturated rings. The fraction of sp³-hybridized carbons (Fsp3) is 0.643. The van der Waals surface area contributed by atoms with Crippen molar-refractivity contribution in [3.05, 3.63) is 18.3 Å². The van der Waals surface area contributed by atoms with Crippen LogP contribution < -0.4 is 10.0 Å². The number of pyridine rings is 1. The minimum atomic E-state index is -3.47. The first-order valence-corrected chi connectivity index (χ1v) is 8.75. The number of sulfonamides is 1. The largest absolute Gasteiger partial charge is 0.370 e. The highest BCUT2D eigenvalue weighted by Gasteiger charge is 2.14. The van der Waals surface area contributed by atoms with Crippen LogP contribution in [0.1, 0.15) is 27.2 Å². The van der Waals surface area contributed by atoms with Crippen molar-refractivity contribution in [2.45, 2.75) is 38.1 Å². The van der Waals surface area contributed by atoms with Gasteiger partial charge in [0.1, 0.15) is 10.7 Å². The molecule has 0 aromatic carbocycles. The molecule has 0 saturated carbocycles. The van der Waals surface area contributed by atoms with Gasteiger partial charge in [0.2, 0.25) is 10.0 Å². The van der Waals surface area contributed by atoms with E-state index in [2.05, 4.69) is 33.8 Å². The Kier molecular flexibility index (Phi) is 7.07. The van der Waals surface area contributed by atoms with Crippen molar-refractivity contribution in [3.63, 3.8) is 0 Å². The molecule has 1 aromatic rings. The summed E-state index contributed by atoms with van der Waals surface area (Å²) < 4.78 is 26.8. The molecule has 0 aliphatic rings. The number of aromatic nitrogens is 1. The molecule has 0 aliphatic heterocycles. The van der Waals surface area contributed by atoms with Crippen LogP contribution in [-0.4, -0.2) is 51.0 Å². The van der Waals surface area contributed by atoms with Crippen molar-refractivity contribution in [2.24, 2.45) is 0 Å². The molecule has 0 atom stereocenters. The summed E-state index contributed by atoms with van der Waals surface area (Å²) in [6.07, 6.45) is 2.15. The second-order valence-electron chi connectivity index (χ2n) is 5.24. The van der Waals surface area contributed by atoms with E-state index in [-0.39, 0.29) is 4.90 Å². The Labute approximate surface area is 128 Å². The van der Waals surface area contributed by atoms with E-state index in [0.29, 0.717) is 18.4 Å². The maximum atomic E-state index is 12.1. The molecule has 0 spiro atoms. The molecule has 1 aromatic heterocycles. The average molecular weight is 314 g/mol. The van der Waals surface area contributed by atoms with E-state index in [4.69, 9.17) is 0 Å². The van der Waals surface area contributed by atoms with Gasteiger partial charge in [0, 0.05) is 25.3 Å². The summed E-state index contributed by atoms with van der Waals surface area (Å²) in [7, 11) is -1.44. The lowest BCUT2D eigenvalue weighted by Crippen LogP contribution is -2.31. The summed E-state index contributed by atoms with van der Waals surface area (Å²) >= 11 is 0. The van der Waals surface area contributed by atoms with Crippen molar-refractivity contribution in [2.75, 3.05) is 32.0 Å². The predicted molar refractivity (Wildman–Crippen MR) is 86.0 cm³/mol. The normalized spacial score (nSPS) is 12.1. The van der Waals surface area contributed by atoms with Gasteiger partial charge in [-0.1, -0.05) is 0 Å². The van der Waals surface area contributed by atoms with E-state index in [9.17, 15) is 8.42 Å². The van der Waals surface area contributed by atoms with E-state index in [0.717, 1.165) is 19.5 Å². The van der Waals surface area contributed by atoms with Gasteiger partial charge in [-0.25, -0.2) is 18.1 Å². The van der Waals surface area contributed by atoms with E-state index < -0.39 is 10.0 Å². The quantitative estimate of drug-likeness (QED) is 0.676. The van der Waals surface area contributed by atoms with Crippen LogP contribution in [0.5, 0.6) is 0 Å². The highest BCUT2D eigenvalue weighted by Crippen LogP contribution is 2.10. The summed E-state index contributed by atoms with van der Waals surface area (Å²) in [6, 6.07) is 3.70. The molecule has 1 rings (SSSR count). The van der Waals surface area contributed by atoms with Gasteiger partial charge in [-0.3, -0.25) is 0 Å². The fourth-order valence-electron chi connectivity index (χ4n) is 1.70. The van der Waals surface area contributed by atoms with E-state index in [1.165, 1.54) is 6.20 Å². The SMILES string of the molecule is CCNc1ccc(S(=O)(=O)NCCCN(C)C(C)C)cn1. The highest BCUT2D eigenvalue weighted by atomic mass is 32.2. The second kappa shape index (κ2) is 8.31. The molecular weight excluding hydrogens is 288 g/mol. The first kappa shape index (κ1) is 17.9. The zero-order valence-electron chi connectivity index (χ0n) is 13.3. The Morgan fingerprint density at radius 1 is 1.33 bits per heavy atom. The molecule has 1 heterocycles. The lowest BCUT2D eigenvalue weighted by atomic mass is 10.3. The van der Waals surface area contributed by atoms with E-state index in [1.54, 1.807) is 12.1 Å². The molecule has 21 heavy (non-hydrogen) atoms. The fourth-order valence-corrected chi connectivity index (χ4v) is 2.72. The third kappa shape index (κ3) is 5.99. The molecule has 6 nitrogen and oxygen atoms in total. The van der Waals surface area contributed by atoms with Gasteiger partial charge in [-0.05, 0) is 52.9 Å². The topological polar surface area (TPSA) is 74.3 Å². The lowest BCUT2D eigenvalue weighted by Gasteiger charge is -2.20. The van der Waals surface area contributed by atoms with Gasteiger partial charge in [-0.2, -0.15) is 0 Å². The summed E-state index contributed by atoms with van der Waals surface area (Å²) in [5, 5.41) is 3.03. The molecule has 0 saturated heterocycles. The van der Waals surface area contributed by atoms with Crippen LogP contribution in [-0.2, 0) is 10.0 Å². The first-order valence-electron chi connectivity index (χ1n) is 7.26. The number of nitrogens with one attached hydrogen (secondary N) is 2. The van der Waals surface area contributed by atoms with E-state index in [1.807, 2.05) is 14.0 Å². The van der Waals surface area contributed by atoms with Crippen LogP contribution in [0.15, 0.2) is 23.2 Å². The van der Waals surface area contributed by atoms with Crippen molar-refractivity contribution in [3.8, 4) is 0 Å². The zero-order valence-corrected chi connectivity index (χ0v) is 14.1. The monoisotopic (exact) mass is 314 g/mol. The average Bonchev–Trinajstić information content (AvgIpc) is 2.44. The molecular formula is C14H26N4O2S. The molecule has 7 heteroatoms. The van der Waals surface area contributed by atoms with Crippen molar-refractivity contribution in [1.29, 1.82) is 0 Å². The van der Waals surface area contributed by atoms with Gasteiger partial charge in [-0.15, -0.1) is 0 Å². The maximum Gasteiger partial charge on any atom is 0.242 e. The maximum absolute atomic E-state index is 12.1. The third-order valence-corrected chi connectivity index (χ3v) is 4.71. The minimum Gasteiger partial charge on any atom is -0.370 e.